The second-order valence-electron chi connectivity index (χ2n) is 7.97. The van der Waals surface area contributed by atoms with Gasteiger partial charge in [-0.15, -0.1) is 10.2 Å². The summed E-state index contributed by atoms with van der Waals surface area (Å²) in [6.07, 6.45) is -0.755. The van der Waals surface area contributed by atoms with Crippen molar-refractivity contribution in [1.82, 2.24) is 25.5 Å². The number of halogens is 1. The molecule has 11 heteroatoms. The van der Waals surface area contributed by atoms with E-state index in [1.54, 1.807) is 69.3 Å². The second-order valence-corrected chi connectivity index (χ2v) is 8.41. The first-order chi connectivity index (χ1) is 15.6. The molecule has 1 unspecified atom stereocenters. The SMILES string of the molecule is COC(=O)C(Cn1nnc(-c2ccc(Oc3ccc(Cl)cc3)cc2)n1)NC(=O)OC(C)(C)C. The number of methoxy groups -OCH3 is 1. The van der Waals surface area contributed by atoms with E-state index in [-0.39, 0.29) is 6.54 Å². The summed E-state index contributed by atoms with van der Waals surface area (Å²) in [5.74, 6) is 0.959. The Balaban J connectivity index is 1.66. The quantitative estimate of drug-likeness (QED) is 0.514. The van der Waals surface area contributed by atoms with Crippen LogP contribution in [0.4, 0.5) is 4.79 Å². The maximum absolute atomic E-state index is 12.1. The monoisotopic (exact) mass is 473 g/mol. The van der Waals surface area contributed by atoms with E-state index in [1.165, 1.54) is 11.9 Å². The lowest BCUT2D eigenvalue weighted by atomic mass is 10.2. The van der Waals surface area contributed by atoms with Gasteiger partial charge in [0.15, 0.2) is 6.04 Å². The third-order valence-corrected chi connectivity index (χ3v) is 4.39. The number of rotatable bonds is 7. The smallest absolute Gasteiger partial charge is 0.408 e. The van der Waals surface area contributed by atoms with Crippen LogP contribution in [-0.2, 0) is 20.8 Å². The highest BCUT2D eigenvalue weighted by molar-refractivity contribution is 6.30. The zero-order valence-corrected chi connectivity index (χ0v) is 19.4. The minimum Gasteiger partial charge on any atom is -0.467 e. The van der Waals surface area contributed by atoms with Gasteiger partial charge in [-0.3, -0.25) is 0 Å². The van der Waals surface area contributed by atoms with Crippen LogP contribution in [-0.4, -0.2) is 51.0 Å². The van der Waals surface area contributed by atoms with Crippen molar-refractivity contribution < 1.29 is 23.8 Å². The summed E-state index contributed by atoms with van der Waals surface area (Å²) in [5.41, 5.74) is -0.0215. The minimum absolute atomic E-state index is 0.0866. The predicted octanol–water partition coefficient (Wildman–Crippen LogP) is 3.85. The van der Waals surface area contributed by atoms with E-state index in [0.29, 0.717) is 27.9 Å². The number of carbonyl (C=O) groups is 2. The average Bonchev–Trinajstić information content (AvgIpc) is 3.22. The van der Waals surface area contributed by atoms with E-state index < -0.39 is 23.7 Å². The molecule has 3 aromatic rings. The van der Waals surface area contributed by atoms with Crippen LogP contribution in [0, 0.1) is 0 Å². The Bertz CT molecular complexity index is 1090. The van der Waals surface area contributed by atoms with Crippen molar-refractivity contribution in [2.75, 3.05) is 7.11 Å². The molecule has 0 saturated carbocycles. The molecular weight excluding hydrogens is 450 g/mol. The van der Waals surface area contributed by atoms with Gasteiger partial charge in [0.05, 0.1) is 13.7 Å². The maximum Gasteiger partial charge on any atom is 0.408 e. The number of carbonyl (C=O) groups excluding carboxylic acids is 2. The molecule has 1 N–H and O–H groups in total. The van der Waals surface area contributed by atoms with Crippen molar-refractivity contribution in [2.24, 2.45) is 0 Å². The minimum atomic E-state index is -1.05. The third-order valence-electron chi connectivity index (χ3n) is 4.14. The van der Waals surface area contributed by atoms with Crippen molar-refractivity contribution >= 4 is 23.7 Å². The fourth-order valence-corrected chi connectivity index (χ4v) is 2.81. The number of esters is 1. The van der Waals surface area contributed by atoms with Gasteiger partial charge in [0.1, 0.15) is 17.1 Å². The van der Waals surface area contributed by atoms with E-state index in [9.17, 15) is 9.59 Å². The molecule has 0 fully saturated rings. The fourth-order valence-electron chi connectivity index (χ4n) is 2.68. The molecule has 0 bridgehead atoms. The van der Waals surface area contributed by atoms with Crippen molar-refractivity contribution in [3.63, 3.8) is 0 Å². The number of hydrogen-bond acceptors (Lipinski definition) is 8. The number of amides is 1. The lowest BCUT2D eigenvalue weighted by Crippen LogP contribution is -2.46. The number of hydrogen-bond donors (Lipinski definition) is 1. The van der Waals surface area contributed by atoms with Crippen LogP contribution in [0.5, 0.6) is 11.5 Å². The molecule has 33 heavy (non-hydrogen) atoms. The van der Waals surface area contributed by atoms with Crippen LogP contribution >= 0.6 is 11.6 Å². The molecule has 1 heterocycles. The Morgan fingerprint density at radius 3 is 2.24 bits per heavy atom. The molecule has 0 radical (unpaired) electrons. The van der Waals surface area contributed by atoms with Gasteiger partial charge >= 0.3 is 12.1 Å². The largest absolute Gasteiger partial charge is 0.467 e. The van der Waals surface area contributed by atoms with Gasteiger partial charge in [0.2, 0.25) is 5.82 Å². The Labute approximate surface area is 195 Å². The first kappa shape index (κ1) is 24.0. The Morgan fingerprint density at radius 2 is 1.67 bits per heavy atom. The van der Waals surface area contributed by atoms with E-state index in [2.05, 4.69) is 20.7 Å². The highest BCUT2D eigenvalue weighted by atomic mass is 35.5. The highest BCUT2D eigenvalue weighted by Crippen LogP contribution is 2.25. The van der Waals surface area contributed by atoms with Gasteiger partial charge in [0.25, 0.3) is 0 Å². The van der Waals surface area contributed by atoms with Crippen LogP contribution in [0.3, 0.4) is 0 Å². The summed E-state index contributed by atoms with van der Waals surface area (Å²) in [4.78, 5) is 25.4. The zero-order valence-electron chi connectivity index (χ0n) is 18.6. The van der Waals surface area contributed by atoms with Crippen molar-refractivity contribution in [1.29, 1.82) is 0 Å². The lowest BCUT2D eigenvalue weighted by molar-refractivity contribution is -0.143. The van der Waals surface area contributed by atoms with E-state index in [0.717, 1.165) is 0 Å². The number of alkyl carbamates (subject to hydrolysis) is 1. The first-order valence-corrected chi connectivity index (χ1v) is 10.4. The molecule has 0 aliphatic heterocycles. The summed E-state index contributed by atoms with van der Waals surface area (Å²) in [6, 6.07) is 13.1. The zero-order chi connectivity index (χ0) is 24.0. The molecule has 1 amide bonds. The average molecular weight is 474 g/mol. The summed E-state index contributed by atoms with van der Waals surface area (Å²) < 4.78 is 15.7. The molecule has 0 spiro atoms. The van der Waals surface area contributed by atoms with Crippen molar-refractivity contribution in [3.8, 4) is 22.9 Å². The van der Waals surface area contributed by atoms with Gasteiger partial charge in [-0.1, -0.05) is 11.6 Å². The molecule has 1 atom stereocenters. The predicted molar refractivity (Wildman–Crippen MR) is 120 cm³/mol. The topological polar surface area (TPSA) is 117 Å². The first-order valence-electron chi connectivity index (χ1n) is 10.0. The molecular formula is C22H24ClN5O5. The van der Waals surface area contributed by atoms with Crippen LogP contribution in [0.15, 0.2) is 48.5 Å². The van der Waals surface area contributed by atoms with Crippen LogP contribution in [0.2, 0.25) is 5.02 Å². The maximum atomic E-state index is 12.1. The van der Waals surface area contributed by atoms with Gasteiger partial charge in [0, 0.05) is 10.6 Å². The number of ether oxygens (including phenoxy) is 3. The Hall–Kier alpha value is -3.66. The summed E-state index contributed by atoms with van der Waals surface area (Å²) in [7, 11) is 1.22. The molecule has 0 saturated heterocycles. The highest BCUT2D eigenvalue weighted by Gasteiger charge is 2.26. The molecule has 2 aromatic carbocycles. The van der Waals surface area contributed by atoms with E-state index >= 15 is 0 Å². The molecule has 174 valence electrons. The summed E-state index contributed by atoms with van der Waals surface area (Å²) in [5, 5.41) is 15.4. The third kappa shape index (κ3) is 7.18. The molecule has 10 nitrogen and oxygen atoms in total. The summed E-state index contributed by atoms with van der Waals surface area (Å²) >= 11 is 5.88. The normalized spacial score (nSPS) is 12.0. The molecule has 1 aromatic heterocycles. The summed E-state index contributed by atoms with van der Waals surface area (Å²) in [6.45, 7) is 5.07. The van der Waals surface area contributed by atoms with Crippen molar-refractivity contribution in [2.45, 2.75) is 39.0 Å². The number of aromatic nitrogens is 4. The van der Waals surface area contributed by atoms with Gasteiger partial charge < -0.3 is 19.5 Å². The lowest BCUT2D eigenvalue weighted by Gasteiger charge is -2.22. The van der Waals surface area contributed by atoms with Gasteiger partial charge in [-0.2, -0.15) is 4.80 Å². The number of tetrazole rings is 1. The second kappa shape index (κ2) is 10.3. The molecule has 0 aliphatic rings. The number of nitrogens with zero attached hydrogens (tertiary/aromatic N) is 4. The molecule has 3 rings (SSSR count). The van der Waals surface area contributed by atoms with Crippen LogP contribution < -0.4 is 10.1 Å². The van der Waals surface area contributed by atoms with Crippen LogP contribution in [0.1, 0.15) is 20.8 Å². The van der Waals surface area contributed by atoms with E-state index in [1.807, 2.05) is 0 Å². The number of benzene rings is 2. The standard InChI is InChI=1S/C22H24ClN5O5/c1-22(2,3)33-21(30)24-18(20(29)31-4)13-28-26-19(25-27-28)14-5-9-16(10-6-14)32-17-11-7-15(23)8-12-17/h5-12,18H,13H2,1-4H3,(H,24,30). The van der Waals surface area contributed by atoms with Gasteiger partial charge in [-0.25, -0.2) is 9.59 Å². The van der Waals surface area contributed by atoms with Crippen LogP contribution in [0.25, 0.3) is 11.4 Å². The number of nitrogens with one attached hydrogen (secondary N) is 1. The molecule has 0 aliphatic carbocycles. The van der Waals surface area contributed by atoms with E-state index in [4.69, 9.17) is 25.8 Å². The fraction of sp³-hybridized carbons (Fsp3) is 0.318. The Morgan fingerprint density at radius 1 is 1.06 bits per heavy atom. The van der Waals surface area contributed by atoms with Gasteiger partial charge in [-0.05, 0) is 74.5 Å². The Kier molecular flexibility index (Phi) is 7.49. The van der Waals surface area contributed by atoms with Crippen molar-refractivity contribution in [3.05, 3.63) is 53.6 Å².